The number of carbonyl (C=O) groups excluding carboxylic acids is 1. The Kier molecular flexibility index (Phi) is 4.23. The number of halogens is 1. The number of fused-ring (bicyclic) bond motifs is 1. The van der Waals surface area contributed by atoms with Crippen LogP contribution in [0, 0.1) is 5.82 Å². The first-order chi connectivity index (χ1) is 14.2. The van der Waals surface area contributed by atoms with Crippen molar-refractivity contribution < 1.29 is 13.9 Å². The van der Waals surface area contributed by atoms with E-state index in [0.29, 0.717) is 11.3 Å². The van der Waals surface area contributed by atoms with Crippen LogP contribution in [0.15, 0.2) is 61.1 Å². The molecule has 146 valence electrons. The van der Waals surface area contributed by atoms with Gasteiger partial charge in [0, 0.05) is 42.1 Å². The smallest absolute Gasteiger partial charge is 0.321 e. The van der Waals surface area contributed by atoms with Gasteiger partial charge < -0.3 is 15.0 Å². The molecule has 0 bridgehead atoms. The van der Waals surface area contributed by atoms with Crippen LogP contribution in [-0.4, -0.2) is 38.8 Å². The molecule has 2 aromatic heterocycles. The monoisotopic (exact) mass is 391 g/mol. The Morgan fingerprint density at radius 3 is 2.90 bits per heavy atom. The first-order valence-electron chi connectivity index (χ1n) is 9.37. The molecular formula is C21H18FN5O2. The molecule has 2 aliphatic heterocycles. The van der Waals surface area contributed by atoms with E-state index in [0.717, 1.165) is 30.5 Å². The fraction of sp³-hybridized carbons (Fsp3) is 0.190. The zero-order valence-corrected chi connectivity index (χ0v) is 15.5. The van der Waals surface area contributed by atoms with E-state index in [1.165, 1.54) is 16.8 Å². The van der Waals surface area contributed by atoms with Crippen LogP contribution in [0.2, 0.25) is 0 Å². The highest BCUT2D eigenvalue weighted by Crippen LogP contribution is 2.26. The van der Waals surface area contributed by atoms with E-state index in [4.69, 9.17) is 4.74 Å². The summed E-state index contributed by atoms with van der Waals surface area (Å²) in [5, 5.41) is 7.95. The van der Waals surface area contributed by atoms with Gasteiger partial charge in [-0.3, -0.25) is 0 Å². The van der Waals surface area contributed by atoms with Crippen molar-refractivity contribution in [2.45, 2.75) is 12.5 Å². The summed E-state index contributed by atoms with van der Waals surface area (Å²) in [7, 11) is 0. The molecule has 1 aromatic carbocycles. The second-order valence-electron chi connectivity index (χ2n) is 6.96. The molecule has 1 N–H and O–H groups in total. The Balaban J connectivity index is 1.45. The number of nitrogens with zero attached hydrogens (tertiary/aromatic N) is 4. The fourth-order valence-corrected chi connectivity index (χ4v) is 3.28. The molecule has 0 saturated carbocycles. The van der Waals surface area contributed by atoms with E-state index in [1.807, 2.05) is 24.3 Å². The second kappa shape index (κ2) is 7.05. The van der Waals surface area contributed by atoms with Crippen molar-refractivity contribution in [1.82, 2.24) is 19.7 Å². The lowest BCUT2D eigenvalue weighted by Crippen LogP contribution is -2.44. The molecule has 1 unspecified atom stereocenters. The van der Waals surface area contributed by atoms with Gasteiger partial charge in [0.15, 0.2) is 5.65 Å². The number of hydrogen-bond donors (Lipinski definition) is 1. The molecule has 1 saturated heterocycles. The molecule has 1 fully saturated rings. The van der Waals surface area contributed by atoms with Gasteiger partial charge in [-0.15, -0.1) is 5.10 Å². The van der Waals surface area contributed by atoms with Crippen molar-refractivity contribution in [3.63, 3.8) is 0 Å². The summed E-state index contributed by atoms with van der Waals surface area (Å²) in [6, 6.07) is 6.17. The fourth-order valence-electron chi connectivity index (χ4n) is 3.28. The van der Waals surface area contributed by atoms with Crippen LogP contribution < -0.4 is 5.32 Å². The van der Waals surface area contributed by atoms with Crippen molar-refractivity contribution in [2.24, 2.45) is 0 Å². The maximum atomic E-state index is 14.5. The van der Waals surface area contributed by atoms with Gasteiger partial charge in [0.25, 0.3) is 0 Å². The normalized spacial score (nSPS) is 17.8. The molecule has 8 heteroatoms. The van der Waals surface area contributed by atoms with E-state index in [-0.39, 0.29) is 17.8 Å². The third-order valence-corrected chi connectivity index (χ3v) is 5.00. The summed E-state index contributed by atoms with van der Waals surface area (Å²) in [6.07, 6.45) is 11.5. The van der Waals surface area contributed by atoms with Gasteiger partial charge in [0.05, 0.1) is 6.26 Å². The number of allylic oxidation sites excluding steroid dienone is 2. The number of carbonyl (C=O) groups is 1. The van der Waals surface area contributed by atoms with Gasteiger partial charge in [-0.05, 0) is 42.8 Å². The Hall–Kier alpha value is -3.68. The lowest BCUT2D eigenvalue weighted by molar-refractivity contribution is 0.181. The number of pyridine rings is 1. The van der Waals surface area contributed by atoms with Crippen molar-refractivity contribution in [3.8, 4) is 5.69 Å². The van der Waals surface area contributed by atoms with Crippen molar-refractivity contribution >= 4 is 22.8 Å². The van der Waals surface area contributed by atoms with Gasteiger partial charge in [0.1, 0.15) is 17.6 Å². The van der Waals surface area contributed by atoms with E-state index in [1.54, 1.807) is 29.6 Å². The molecule has 2 amide bonds. The Bertz CT molecular complexity index is 1150. The standard InChI is InChI=1S/C21H18FN5O2/c22-17-6-5-16(24-21(28)26-7-3-8-26)11-18(17)27-13-15-10-14(12-23-20(15)25-27)19-4-1-2-9-29-19/h1-2,4-6,9-13,19H,3,7-8H2,(H,24,28). The molecule has 0 spiro atoms. The highest BCUT2D eigenvalue weighted by atomic mass is 19.1. The van der Waals surface area contributed by atoms with Crippen LogP contribution in [0.3, 0.4) is 0 Å². The van der Waals surface area contributed by atoms with Gasteiger partial charge in [-0.25, -0.2) is 18.9 Å². The van der Waals surface area contributed by atoms with Crippen LogP contribution in [0.25, 0.3) is 16.7 Å². The first-order valence-corrected chi connectivity index (χ1v) is 9.37. The molecule has 1 atom stereocenters. The van der Waals surface area contributed by atoms with Gasteiger partial charge >= 0.3 is 6.03 Å². The quantitative estimate of drug-likeness (QED) is 0.734. The minimum Gasteiger partial charge on any atom is -0.489 e. The number of likely N-dealkylation sites (tertiary alicyclic amines) is 1. The number of ether oxygens (including phenoxy) is 1. The summed E-state index contributed by atoms with van der Waals surface area (Å²) < 4.78 is 21.5. The summed E-state index contributed by atoms with van der Waals surface area (Å²) in [4.78, 5) is 18.2. The van der Waals surface area contributed by atoms with E-state index < -0.39 is 5.82 Å². The zero-order valence-electron chi connectivity index (χ0n) is 15.5. The summed E-state index contributed by atoms with van der Waals surface area (Å²) in [6.45, 7) is 1.49. The number of aromatic nitrogens is 3. The summed E-state index contributed by atoms with van der Waals surface area (Å²) in [5.41, 5.74) is 2.13. The number of urea groups is 1. The van der Waals surface area contributed by atoms with E-state index in [9.17, 15) is 9.18 Å². The van der Waals surface area contributed by atoms with Gasteiger partial charge in [-0.1, -0.05) is 6.08 Å². The minimum atomic E-state index is -0.441. The number of anilines is 1. The number of nitrogens with one attached hydrogen (secondary N) is 1. The van der Waals surface area contributed by atoms with Crippen LogP contribution in [0.4, 0.5) is 14.9 Å². The Labute approximate surface area is 166 Å². The molecule has 29 heavy (non-hydrogen) atoms. The summed E-state index contributed by atoms with van der Waals surface area (Å²) in [5.74, 6) is -0.441. The van der Waals surface area contributed by atoms with Gasteiger partial charge in [-0.2, -0.15) is 0 Å². The number of hydrogen-bond acceptors (Lipinski definition) is 4. The van der Waals surface area contributed by atoms with Crippen LogP contribution in [0.1, 0.15) is 18.1 Å². The average Bonchev–Trinajstić information content (AvgIpc) is 3.12. The first kappa shape index (κ1) is 17.4. The second-order valence-corrected chi connectivity index (χ2v) is 6.96. The topological polar surface area (TPSA) is 72.3 Å². The maximum absolute atomic E-state index is 14.5. The van der Waals surface area contributed by atoms with Crippen molar-refractivity contribution in [1.29, 1.82) is 0 Å². The third kappa shape index (κ3) is 3.33. The lowest BCUT2D eigenvalue weighted by Gasteiger charge is -2.30. The molecule has 0 aliphatic carbocycles. The van der Waals surface area contributed by atoms with Crippen LogP contribution in [-0.2, 0) is 4.74 Å². The summed E-state index contributed by atoms with van der Waals surface area (Å²) >= 11 is 0. The maximum Gasteiger partial charge on any atom is 0.321 e. The molecule has 0 radical (unpaired) electrons. The average molecular weight is 391 g/mol. The van der Waals surface area contributed by atoms with E-state index in [2.05, 4.69) is 15.4 Å². The SMILES string of the molecule is O=C(Nc1ccc(F)c(-n2cc3cc(C4C=CC=CO4)cnc3n2)c1)N1CCC1. The van der Waals surface area contributed by atoms with Crippen molar-refractivity contribution in [2.75, 3.05) is 18.4 Å². The number of amides is 2. The molecule has 5 rings (SSSR count). The Morgan fingerprint density at radius 2 is 2.14 bits per heavy atom. The third-order valence-electron chi connectivity index (χ3n) is 5.00. The number of rotatable bonds is 3. The molecular weight excluding hydrogens is 373 g/mol. The Morgan fingerprint density at radius 1 is 1.24 bits per heavy atom. The van der Waals surface area contributed by atoms with E-state index >= 15 is 0 Å². The predicted octanol–water partition coefficient (Wildman–Crippen LogP) is 3.94. The highest BCUT2D eigenvalue weighted by molar-refractivity contribution is 5.90. The zero-order chi connectivity index (χ0) is 19.8. The minimum absolute atomic E-state index is 0.180. The van der Waals surface area contributed by atoms with Crippen molar-refractivity contribution in [3.05, 3.63) is 72.5 Å². The van der Waals surface area contributed by atoms with Crippen LogP contribution in [0.5, 0.6) is 0 Å². The molecule has 7 nitrogen and oxygen atoms in total. The largest absolute Gasteiger partial charge is 0.489 e. The molecule has 2 aliphatic rings. The number of benzene rings is 1. The molecule has 4 heterocycles. The predicted molar refractivity (Wildman–Crippen MR) is 106 cm³/mol. The molecule has 3 aromatic rings. The van der Waals surface area contributed by atoms with Gasteiger partial charge in [0.2, 0.25) is 0 Å². The van der Waals surface area contributed by atoms with Crippen LogP contribution >= 0.6 is 0 Å². The highest BCUT2D eigenvalue weighted by Gasteiger charge is 2.20. The lowest BCUT2D eigenvalue weighted by atomic mass is 10.1.